The number of pyridine rings is 1. The van der Waals surface area contributed by atoms with E-state index < -0.39 is 0 Å². The highest BCUT2D eigenvalue weighted by Crippen LogP contribution is 2.40. The van der Waals surface area contributed by atoms with E-state index in [9.17, 15) is 4.79 Å². The Morgan fingerprint density at radius 3 is 1.44 bits per heavy atom. The van der Waals surface area contributed by atoms with E-state index in [1.54, 1.807) is 0 Å². The van der Waals surface area contributed by atoms with E-state index in [0.29, 0.717) is 0 Å². The van der Waals surface area contributed by atoms with E-state index in [1.165, 1.54) is 37.9 Å². The predicted octanol–water partition coefficient (Wildman–Crippen LogP) is 9.32. The molecule has 2 aromatic heterocycles. The third-order valence-electron chi connectivity index (χ3n) is 8.50. The van der Waals surface area contributed by atoms with Gasteiger partial charge in [-0.1, -0.05) is 97.1 Å². The molecule has 2 nitrogen and oxygen atoms in total. The van der Waals surface area contributed by atoms with Gasteiger partial charge in [-0.3, -0.25) is 9.20 Å². The van der Waals surface area contributed by atoms with Crippen molar-refractivity contribution in [2.75, 3.05) is 0 Å². The first kappa shape index (κ1) is 20.8. The Labute approximate surface area is 223 Å². The Morgan fingerprint density at radius 2 is 0.795 bits per heavy atom. The van der Waals surface area contributed by atoms with Gasteiger partial charge in [0.05, 0.1) is 11.0 Å². The number of fused-ring (bicyclic) bond motifs is 11. The van der Waals surface area contributed by atoms with Crippen LogP contribution in [0.25, 0.3) is 81.4 Å². The summed E-state index contributed by atoms with van der Waals surface area (Å²) in [5.41, 5.74) is 4.33. The maximum Gasteiger partial charge on any atom is 0.263 e. The molecule has 0 fully saturated rings. The molecular formula is C37H21NO. The predicted molar refractivity (Wildman–Crippen MR) is 165 cm³/mol. The van der Waals surface area contributed by atoms with Gasteiger partial charge in [0.1, 0.15) is 0 Å². The van der Waals surface area contributed by atoms with Crippen LogP contribution in [0.2, 0.25) is 0 Å². The lowest BCUT2D eigenvalue weighted by Crippen LogP contribution is -2.12. The number of hydrogen-bond donors (Lipinski definition) is 0. The van der Waals surface area contributed by atoms with Gasteiger partial charge < -0.3 is 0 Å². The second-order valence-electron chi connectivity index (χ2n) is 10.5. The lowest BCUT2D eigenvalue weighted by Gasteiger charge is -2.13. The summed E-state index contributed by atoms with van der Waals surface area (Å²) in [5, 5.41) is 12.7. The molecule has 0 amide bonds. The molecule has 0 saturated heterocycles. The van der Waals surface area contributed by atoms with Crippen LogP contribution in [0.15, 0.2) is 132 Å². The molecular weight excluding hydrogens is 474 g/mol. The second kappa shape index (κ2) is 7.43. The zero-order valence-corrected chi connectivity index (χ0v) is 21.0. The third kappa shape index (κ3) is 2.68. The number of para-hydroxylation sites is 1. The minimum Gasteiger partial charge on any atom is -0.275 e. The Hall–Kier alpha value is -5.21. The summed E-state index contributed by atoms with van der Waals surface area (Å²) in [5.74, 6) is 0. The van der Waals surface area contributed by atoms with Gasteiger partial charge in [-0.25, -0.2) is 0 Å². The summed E-state index contributed by atoms with van der Waals surface area (Å²) < 4.78 is 1.91. The highest BCUT2D eigenvalue weighted by Gasteiger charge is 2.18. The maximum absolute atomic E-state index is 13.7. The molecule has 0 N–H and O–H groups in total. The highest BCUT2D eigenvalue weighted by molar-refractivity contribution is 6.26. The molecule has 9 aromatic rings. The van der Waals surface area contributed by atoms with Crippen LogP contribution in [0.4, 0.5) is 0 Å². The number of rotatable bonds is 1. The SMILES string of the molecule is O=c1c2ccccc2c2cc(-c3ccc4c5ccccc5c5ccccc5c4c3)cc3c4ccccc4n1c23. The van der Waals surface area contributed by atoms with Crippen LogP contribution in [-0.2, 0) is 0 Å². The molecule has 7 aromatic carbocycles. The van der Waals surface area contributed by atoms with Crippen LogP contribution in [0.5, 0.6) is 0 Å². The fraction of sp³-hybridized carbons (Fsp3) is 0. The van der Waals surface area contributed by atoms with Crippen molar-refractivity contribution in [3.8, 4) is 11.1 Å². The molecule has 0 aliphatic carbocycles. The van der Waals surface area contributed by atoms with Gasteiger partial charge in [-0.2, -0.15) is 0 Å². The van der Waals surface area contributed by atoms with E-state index in [0.717, 1.165) is 43.5 Å². The summed E-state index contributed by atoms with van der Waals surface area (Å²) >= 11 is 0. The standard InChI is InChI=1S/C37H21NO/c39-37-31-15-6-5-13-28(31)33-20-23(21-34-30-14-7-8-16-35(30)38(37)36(33)34)22-17-18-29-26-11-2-1-9-24(26)25-10-3-4-12-27(25)32(29)19-22/h1-21H. The van der Waals surface area contributed by atoms with E-state index in [2.05, 4.69) is 103 Å². The van der Waals surface area contributed by atoms with Crippen molar-refractivity contribution in [3.63, 3.8) is 0 Å². The fourth-order valence-electron chi connectivity index (χ4n) is 6.79. The first-order chi connectivity index (χ1) is 19.3. The molecule has 2 heterocycles. The normalized spacial score (nSPS) is 12.2. The molecule has 0 bridgehead atoms. The van der Waals surface area contributed by atoms with Gasteiger partial charge >= 0.3 is 0 Å². The van der Waals surface area contributed by atoms with E-state index in [-0.39, 0.29) is 5.56 Å². The Bertz CT molecular complexity index is 2480. The smallest absolute Gasteiger partial charge is 0.263 e. The van der Waals surface area contributed by atoms with Crippen LogP contribution in [-0.4, -0.2) is 4.40 Å². The molecule has 180 valence electrons. The van der Waals surface area contributed by atoms with Crippen LogP contribution < -0.4 is 5.56 Å². The van der Waals surface area contributed by atoms with Crippen LogP contribution in [0, 0.1) is 0 Å². The minimum atomic E-state index is 0.0427. The van der Waals surface area contributed by atoms with Gasteiger partial charge in [-0.05, 0) is 79.2 Å². The summed E-state index contributed by atoms with van der Waals surface area (Å²) in [7, 11) is 0. The molecule has 2 heteroatoms. The molecule has 0 aliphatic rings. The zero-order chi connectivity index (χ0) is 25.7. The van der Waals surface area contributed by atoms with Crippen molar-refractivity contribution < 1.29 is 0 Å². The van der Waals surface area contributed by atoms with Gasteiger partial charge in [0.15, 0.2) is 0 Å². The number of aromatic nitrogens is 1. The van der Waals surface area contributed by atoms with Crippen molar-refractivity contribution in [2.45, 2.75) is 0 Å². The molecule has 39 heavy (non-hydrogen) atoms. The average molecular weight is 496 g/mol. The third-order valence-corrected chi connectivity index (χ3v) is 8.50. The van der Waals surface area contributed by atoms with Crippen LogP contribution >= 0.6 is 0 Å². The summed E-state index contributed by atoms with van der Waals surface area (Å²) in [4.78, 5) is 13.7. The van der Waals surface area contributed by atoms with Gasteiger partial charge in [0.25, 0.3) is 5.56 Å². The molecule has 0 atom stereocenters. The van der Waals surface area contributed by atoms with E-state index in [1.807, 2.05) is 28.7 Å². The summed E-state index contributed by atoms with van der Waals surface area (Å²) in [6.07, 6.45) is 0. The van der Waals surface area contributed by atoms with E-state index in [4.69, 9.17) is 0 Å². The molecule has 0 saturated carbocycles. The number of nitrogens with zero attached hydrogens (tertiary/aromatic N) is 1. The van der Waals surface area contributed by atoms with Crippen molar-refractivity contribution in [3.05, 3.63) is 138 Å². The van der Waals surface area contributed by atoms with E-state index >= 15 is 0 Å². The van der Waals surface area contributed by atoms with Crippen LogP contribution in [0.3, 0.4) is 0 Å². The Balaban J connectivity index is 1.45. The maximum atomic E-state index is 13.7. The Kier molecular flexibility index (Phi) is 3.96. The lowest BCUT2D eigenvalue weighted by atomic mass is 9.91. The fourth-order valence-corrected chi connectivity index (χ4v) is 6.79. The number of benzene rings is 7. The molecule has 0 radical (unpaired) electrons. The minimum absolute atomic E-state index is 0.0427. The monoisotopic (exact) mass is 495 g/mol. The highest BCUT2D eigenvalue weighted by atomic mass is 16.1. The van der Waals surface area contributed by atoms with Gasteiger partial charge in [0.2, 0.25) is 0 Å². The zero-order valence-electron chi connectivity index (χ0n) is 21.0. The van der Waals surface area contributed by atoms with Crippen molar-refractivity contribution in [1.82, 2.24) is 4.40 Å². The summed E-state index contributed by atoms with van der Waals surface area (Å²) in [6.45, 7) is 0. The lowest BCUT2D eigenvalue weighted by molar-refractivity contribution is 1.21. The quantitative estimate of drug-likeness (QED) is 0.208. The van der Waals surface area contributed by atoms with Gasteiger partial charge in [0, 0.05) is 21.5 Å². The average Bonchev–Trinajstić information content (AvgIpc) is 3.34. The second-order valence-corrected chi connectivity index (χ2v) is 10.5. The van der Waals surface area contributed by atoms with Crippen molar-refractivity contribution >= 4 is 70.3 Å². The summed E-state index contributed by atoms with van der Waals surface area (Å²) in [6, 6.07) is 45.0. The van der Waals surface area contributed by atoms with Crippen molar-refractivity contribution in [2.24, 2.45) is 0 Å². The Morgan fingerprint density at radius 1 is 0.359 bits per heavy atom. The molecule has 0 unspecified atom stereocenters. The first-order valence-electron chi connectivity index (χ1n) is 13.3. The topological polar surface area (TPSA) is 21.5 Å². The largest absolute Gasteiger partial charge is 0.275 e. The van der Waals surface area contributed by atoms with Gasteiger partial charge in [-0.15, -0.1) is 0 Å². The first-order valence-corrected chi connectivity index (χ1v) is 13.3. The number of hydrogen-bond acceptors (Lipinski definition) is 1. The molecule has 0 spiro atoms. The molecule has 9 rings (SSSR count). The van der Waals surface area contributed by atoms with Crippen molar-refractivity contribution in [1.29, 1.82) is 0 Å². The molecule has 0 aliphatic heterocycles. The van der Waals surface area contributed by atoms with Crippen LogP contribution in [0.1, 0.15) is 0 Å².